The molecular formula is C15H32N4O4S. The van der Waals surface area contributed by atoms with Crippen molar-refractivity contribution in [2.24, 2.45) is 4.99 Å². The number of nitrogens with zero attached hydrogens (tertiary/aromatic N) is 2. The van der Waals surface area contributed by atoms with E-state index >= 15 is 0 Å². The number of guanidine groups is 1. The summed E-state index contributed by atoms with van der Waals surface area (Å²) in [6, 6.07) is 0. The lowest BCUT2D eigenvalue weighted by Gasteiger charge is -2.26. The largest absolute Gasteiger partial charge is 0.379 e. The summed E-state index contributed by atoms with van der Waals surface area (Å²) in [5.41, 5.74) is 0. The summed E-state index contributed by atoms with van der Waals surface area (Å²) in [7, 11) is -2.95. The summed E-state index contributed by atoms with van der Waals surface area (Å²) in [6.45, 7) is 9.57. The maximum atomic E-state index is 11.0. The molecule has 1 fully saturated rings. The Morgan fingerprint density at radius 3 is 2.67 bits per heavy atom. The molecule has 0 amide bonds. The average Bonchev–Trinajstić information content (AvgIpc) is 2.54. The molecule has 0 unspecified atom stereocenters. The van der Waals surface area contributed by atoms with Crippen LogP contribution in [0.5, 0.6) is 0 Å². The normalized spacial score (nSPS) is 17.0. The van der Waals surface area contributed by atoms with Gasteiger partial charge in [0.15, 0.2) is 5.96 Å². The van der Waals surface area contributed by atoms with E-state index in [1.54, 1.807) is 0 Å². The van der Waals surface area contributed by atoms with Crippen molar-refractivity contribution in [1.82, 2.24) is 15.5 Å². The number of nitrogens with one attached hydrogen (secondary N) is 2. The van der Waals surface area contributed by atoms with Crippen LogP contribution >= 0.6 is 0 Å². The van der Waals surface area contributed by atoms with Crippen LogP contribution in [0.2, 0.25) is 0 Å². The number of morpholine rings is 1. The second-order valence-electron chi connectivity index (χ2n) is 5.74. The third-order valence-electron chi connectivity index (χ3n) is 3.49. The predicted octanol–water partition coefficient (Wildman–Crippen LogP) is -0.675. The molecule has 0 aliphatic carbocycles. The first kappa shape index (κ1) is 21.1. The van der Waals surface area contributed by atoms with Gasteiger partial charge in [-0.05, 0) is 13.3 Å². The Morgan fingerprint density at radius 2 is 2.00 bits per heavy atom. The molecule has 142 valence electrons. The first-order chi connectivity index (χ1) is 11.5. The van der Waals surface area contributed by atoms with Crippen molar-refractivity contribution < 1.29 is 17.9 Å². The van der Waals surface area contributed by atoms with E-state index in [9.17, 15) is 8.42 Å². The zero-order valence-corrected chi connectivity index (χ0v) is 15.7. The Morgan fingerprint density at radius 1 is 1.25 bits per heavy atom. The number of hydrogen-bond acceptors (Lipinski definition) is 6. The third-order valence-corrected chi connectivity index (χ3v) is 4.40. The predicted molar refractivity (Wildman–Crippen MR) is 96.4 cm³/mol. The molecule has 8 nitrogen and oxygen atoms in total. The van der Waals surface area contributed by atoms with Gasteiger partial charge in [-0.15, -0.1) is 0 Å². The average molecular weight is 365 g/mol. The molecular weight excluding hydrogens is 332 g/mol. The quantitative estimate of drug-likeness (QED) is 0.285. The van der Waals surface area contributed by atoms with E-state index in [1.165, 1.54) is 6.26 Å². The second-order valence-corrected chi connectivity index (χ2v) is 8.00. The summed E-state index contributed by atoms with van der Waals surface area (Å²) < 4.78 is 32.6. The topological polar surface area (TPSA) is 92.3 Å². The monoisotopic (exact) mass is 364 g/mol. The molecule has 0 aromatic carbocycles. The molecule has 0 bridgehead atoms. The fourth-order valence-electron chi connectivity index (χ4n) is 2.21. The highest BCUT2D eigenvalue weighted by atomic mass is 32.2. The van der Waals surface area contributed by atoms with E-state index in [2.05, 4.69) is 20.5 Å². The Kier molecular flexibility index (Phi) is 11.0. The smallest absolute Gasteiger partial charge is 0.191 e. The molecule has 0 saturated carbocycles. The van der Waals surface area contributed by atoms with Crippen molar-refractivity contribution in [3.63, 3.8) is 0 Å². The lowest BCUT2D eigenvalue weighted by atomic mass is 10.3. The minimum atomic E-state index is -2.95. The van der Waals surface area contributed by atoms with Crippen LogP contribution in [0.25, 0.3) is 0 Å². The zero-order valence-electron chi connectivity index (χ0n) is 14.9. The van der Waals surface area contributed by atoms with Crippen LogP contribution in [0.1, 0.15) is 13.3 Å². The molecule has 0 atom stereocenters. The maximum absolute atomic E-state index is 11.0. The molecule has 1 saturated heterocycles. The van der Waals surface area contributed by atoms with Gasteiger partial charge < -0.3 is 20.1 Å². The van der Waals surface area contributed by atoms with Crippen LogP contribution in [0.4, 0.5) is 0 Å². The van der Waals surface area contributed by atoms with E-state index in [4.69, 9.17) is 9.47 Å². The lowest BCUT2D eigenvalue weighted by Crippen LogP contribution is -2.39. The van der Waals surface area contributed by atoms with Crippen LogP contribution in [0, 0.1) is 0 Å². The van der Waals surface area contributed by atoms with Crippen molar-refractivity contribution in [1.29, 1.82) is 0 Å². The van der Waals surface area contributed by atoms with Crippen LogP contribution in [-0.4, -0.2) is 97.0 Å². The van der Waals surface area contributed by atoms with Crippen LogP contribution in [0.3, 0.4) is 0 Å². The summed E-state index contributed by atoms with van der Waals surface area (Å²) in [5.74, 6) is 0.828. The lowest BCUT2D eigenvalue weighted by molar-refractivity contribution is 0.0377. The highest BCUT2D eigenvalue weighted by Crippen LogP contribution is 1.98. The van der Waals surface area contributed by atoms with Crippen LogP contribution in [0.15, 0.2) is 4.99 Å². The van der Waals surface area contributed by atoms with Crippen molar-refractivity contribution in [3.05, 3.63) is 0 Å². The molecule has 1 heterocycles. The van der Waals surface area contributed by atoms with Crippen LogP contribution in [-0.2, 0) is 19.3 Å². The molecule has 0 spiro atoms. The second kappa shape index (κ2) is 12.5. The van der Waals surface area contributed by atoms with E-state index in [-0.39, 0.29) is 12.4 Å². The van der Waals surface area contributed by atoms with Crippen LogP contribution < -0.4 is 10.6 Å². The number of rotatable bonds is 11. The summed E-state index contributed by atoms with van der Waals surface area (Å²) in [4.78, 5) is 6.94. The molecule has 0 aromatic rings. The van der Waals surface area contributed by atoms with Gasteiger partial charge in [0, 0.05) is 45.5 Å². The fourth-order valence-corrected chi connectivity index (χ4v) is 2.63. The van der Waals surface area contributed by atoms with Gasteiger partial charge in [-0.3, -0.25) is 9.89 Å². The van der Waals surface area contributed by atoms with Gasteiger partial charge in [0.2, 0.25) is 0 Å². The van der Waals surface area contributed by atoms with E-state index in [0.29, 0.717) is 13.2 Å². The molecule has 1 aliphatic heterocycles. The minimum absolute atomic E-state index is 0.0582. The molecule has 1 aliphatic rings. The number of sulfone groups is 1. The maximum Gasteiger partial charge on any atom is 0.191 e. The molecule has 2 N–H and O–H groups in total. The number of ether oxygens (including phenoxy) is 2. The van der Waals surface area contributed by atoms with Crippen molar-refractivity contribution in [3.8, 4) is 0 Å². The summed E-state index contributed by atoms with van der Waals surface area (Å²) in [5, 5.41) is 6.38. The standard InChI is InChI=1S/C15H32N4O4S/c1-3-16-15(18-6-10-22-13-14-24(2,20)21)17-5-4-7-19-8-11-23-12-9-19/h3-14H2,1-2H3,(H2,16,17,18). The summed E-state index contributed by atoms with van der Waals surface area (Å²) >= 11 is 0. The zero-order chi connectivity index (χ0) is 17.7. The van der Waals surface area contributed by atoms with Crippen molar-refractivity contribution in [2.75, 3.05) is 77.7 Å². The Bertz CT molecular complexity index is 450. The van der Waals surface area contributed by atoms with Gasteiger partial charge in [0.05, 0.1) is 32.2 Å². The SMILES string of the molecule is CCNC(=NCCCN1CCOCC1)NCCOCCS(C)(=O)=O. The van der Waals surface area contributed by atoms with Gasteiger partial charge in [-0.1, -0.05) is 0 Å². The molecule has 0 aromatic heterocycles. The van der Waals surface area contributed by atoms with Gasteiger partial charge in [-0.2, -0.15) is 0 Å². The molecule has 9 heteroatoms. The number of hydrogen-bond donors (Lipinski definition) is 2. The van der Waals surface area contributed by atoms with Gasteiger partial charge in [-0.25, -0.2) is 8.42 Å². The van der Waals surface area contributed by atoms with Crippen molar-refractivity contribution >= 4 is 15.8 Å². The Hall–Kier alpha value is -0.900. The highest BCUT2D eigenvalue weighted by Gasteiger charge is 2.09. The first-order valence-electron chi connectivity index (χ1n) is 8.59. The van der Waals surface area contributed by atoms with E-state index in [1.807, 2.05) is 6.92 Å². The Labute approximate surface area is 145 Å². The molecule has 1 rings (SSSR count). The first-order valence-corrected chi connectivity index (χ1v) is 10.6. The van der Waals surface area contributed by atoms with E-state index in [0.717, 1.165) is 58.3 Å². The number of aliphatic imine (C=N–C) groups is 1. The third kappa shape index (κ3) is 11.6. The van der Waals surface area contributed by atoms with Gasteiger partial charge in [0.1, 0.15) is 9.84 Å². The van der Waals surface area contributed by atoms with Crippen molar-refractivity contribution in [2.45, 2.75) is 13.3 Å². The fraction of sp³-hybridized carbons (Fsp3) is 0.933. The highest BCUT2D eigenvalue weighted by molar-refractivity contribution is 7.90. The minimum Gasteiger partial charge on any atom is -0.379 e. The Balaban J connectivity index is 2.12. The summed E-state index contributed by atoms with van der Waals surface area (Å²) in [6.07, 6.45) is 2.23. The molecule has 0 radical (unpaired) electrons. The van der Waals surface area contributed by atoms with Gasteiger partial charge in [0.25, 0.3) is 0 Å². The van der Waals surface area contributed by atoms with E-state index < -0.39 is 9.84 Å². The molecule has 24 heavy (non-hydrogen) atoms. The van der Waals surface area contributed by atoms with Gasteiger partial charge >= 0.3 is 0 Å².